The average molecular weight is 294 g/mol. The molecule has 0 heterocycles. The van der Waals surface area contributed by atoms with Crippen molar-refractivity contribution in [1.82, 2.24) is 0 Å². The maximum Gasteiger partial charge on any atom is 0.136 e. The monoisotopic (exact) mass is 294 g/mol. The zero-order chi connectivity index (χ0) is 15.7. The third kappa shape index (κ3) is 2.59. The van der Waals surface area contributed by atoms with Gasteiger partial charge >= 0.3 is 0 Å². The Morgan fingerprint density at radius 3 is 2.00 bits per heavy atom. The van der Waals surface area contributed by atoms with Gasteiger partial charge in [0, 0.05) is 5.92 Å². The van der Waals surface area contributed by atoms with Gasteiger partial charge in [-0.15, -0.1) is 0 Å². The molecule has 0 amide bonds. The van der Waals surface area contributed by atoms with E-state index < -0.39 is 5.60 Å². The van der Waals surface area contributed by atoms with Gasteiger partial charge in [-0.3, -0.25) is 4.79 Å². The molecule has 0 bridgehead atoms. The number of carbonyl (C=O) groups is 1. The van der Waals surface area contributed by atoms with E-state index in [0.29, 0.717) is 6.42 Å². The molecule has 1 saturated carbocycles. The number of ketones is 1. The molecule has 114 valence electrons. The molecule has 1 N–H and O–H groups in total. The van der Waals surface area contributed by atoms with Crippen LogP contribution >= 0.6 is 0 Å². The summed E-state index contributed by atoms with van der Waals surface area (Å²) in [5, 5.41) is 10.9. The molecule has 4 atom stereocenters. The molecule has 2 aromatic carbocycles. The van der Waals surface area contributed by atoms with E-state index >= 15 is 0 Å². The fourth-order valence-corrected chi connectivity index (χ4v) is 4.13. The predicted molar refractivity (Wildman–Crippen MR) is 87.8 cm³/mol. The minimum absolute atomic E-state index is 0.0242. The second-order valence-electron chi connectivity index (χ2n) is 6.60. The Kier molecular flexibility index (Phi) is 3.88. The highest BCUT2D eigenvalue weighted by atomic mass is 16.3. The lowest BCUT2D eigenvalue weighted by Gasteiger charge is -2.28. The summed E-state index contributed by atoms with van der Waals surface area (Å²) in [5.41, 5.74) is 1.36. The number of Topliss-reactive ketones (excluding diaryl/α,β-unsaturated/α-hetero) is 1. The van der Waals surface area contributed by atoms with E-state index in [1.807, 2.05) is 36.4 Å². The lowest BCUT2D eigenvalue weighted by atomic mass is 9.77. The van der Waals surface area contributed by atoms with Crippen LogP contribution in [0.15, 0.2) is 60.7 Å². The Morgan fingerprint density at radius 1 is 1.00 bits per heavy atom. The van der Waals surface area contributed by atoms with Gasteiger partial charge in [-0.2, -0.15) is 0 Å². The standard InChI is InChI=1S/C20H22O2/c1-14(21)19-18(16-11-7-4-8-12-16)17(13-20(19,2)22)15-9-5-3-6-10-15/h3-12,17-19,22H,13H2,1-2H3/t17-,18-,19+,20?/m1/s1. The smallest absolute Gasteiger partial charge is 0.136 e. The van der Waals surface area contributed by atoms with E-state index in [-0.39, 0.29) is 23.5 Å². The summed E-state index contributed by atoms with van der Waals surface area (Å²) in [6, 6.07) is 20.4. The largest absolute Gasteiger partial charge is 0.389 e. The highest BCUT2D eigenvalue weighted by molar-refractivity contribution is 5.81. The molecule has 0 spiro atoms. The van der Waals surface area contributed by atoms with Gasteiger partial charge in [-0.05, 0) is 37.3 Å². The topological polar surface area (TPSA) is 37.3 Å². The van der Waals surface area contributed by atoms with Gasteiger partial charge in [0.25, 0.3) is 0 Å². The molecule has 2 aromatic rings. The van der Waals surface area contributed by atoms with Crippen LogP contribution in [0, 0.1) is 5.92 Å². The lowest BCUT2D eigenvalue weighted by molar-refractivity contribution is -0.127. The Bertz CT molecular complexity index is 646. The second kappa shape index (κ2) is 5.69. The van der Waals surface area contributed by atoms with Crippen molar-refractivity contribution >= 4 is 5.78 Å². The van der Waals surface area contributed by atoms with Crippen molar-refractivity contribution in [3.8, 4) is 0 Å². The molecule has 1 aliphatic carbocycles. The second-order valence-corrected chi connectivity index (χ2v) is 6.60. The normalized spacial score (nSPS) is 31.1. The van der Waals surface area contributed by atoms with Crippen LogP contribution in [0.3, 0.4) is 0 Å². The van der Waals surface area contributed by atoms with Gasteiger partial charge in [0.05, 0.1) is 11.5 Å². The Morgan fingerprint density at radius 2 is 1.50 bits per heavy atom. The fraction of sp³-hybridized carbons (Fsp3) is 0.350. The van der Waals surface area contributed by atoms with Gasteiger partial charge in [0.2, 0.25) is 0 Å². The summed E-state index contributed by atoms with van der Waals surface area (Å²) >= 11 is 0. The average Bonchev–Trinajstić information content (AvgIpc) is 2.80. The number of carbonyl (C=O) groups excluding carboxylic acids is 1. The maximum absolute atomic E-state index is 12.3. The van der Waals surface area contributed by atoms with Crippen molar-refractivity contribution in [2.24, 2.45) is 5.92 Å². The third-order valence-electron chi connectivity index (χ3n) is 4.95. The fourth-order valence-electron chi connectivity index (χ4n) is 4.13. The first-order valence-electron chi connectivity index (χ1n) is 7.83. The van der Waals surface area contributed by atoms with Crippen molar-refractivity contribution in [2.45, 2.75) is 37.7 Å². The van der Waals surface area contributed by atoms with Crippen LogP contribution in [0.5, 0.6) is 0 Å². The molecule has 0 aromatic heterocycles. The van der Waals surface area contributed by atoms with Crippen LogP contribution in [0.25, 0.3) is 0 Å². The van der Waals surface area contributed by atoms with Crippen LogP contribution in [-0.4, -0.2) is 16.5 Å². The van der Waals surface area contributed by atoms with Gasteiger partial charge in [-0.25, -0.2) is 0 Å². The minimum atomic E-state index is -0.965. The molecule has 2 heteroatoms. The Labute approximate surface area is 131 Å². The highest BCUT2D eigenvalue weighted by Gasteiger charge is 2.52. The summed E-state index contributed by atoms with van der Waals surface area (Å²) < 4.78 is 0. The molecular formula is C20H22O2. The van der Waals surface area contributed by atoms with Crippen LogP contribution in [0.4, 0.5) is 0 Å². The Balaban J connectivity index is 2.11. The molecule has 1 fully saturated rings. The molecule has 1 unspecified atom stereocenters. The van der Waals surface area contributed by atoms with Crippen molar-refractivity contribution < 1.29 is 9.90 Å². The van der Waals surface area contributed by atoms with Gasteiger partial charge in [0.15, 0.2) is 0 Å². The van der Waals surface area contributed by atoms with Gasteiger partial charge in [0.1, 0.15) is 5.78 Å². The summed E-state index contributed by atoms with van der Waals surface area (Å²) in [7, 11) is 0. The molecule has 0 aliphatic heterocycles. The van der Waals surface area contributed by atoms with Crippen molar-refractivity contribution in [3.05, 3.63) is 71.8 Å². The summed E-state index contributed by atoms with van der Waals surface area (Å²) in [6.45, 7) is 3.40. The highest BCUT2D eigenvalue weighted by Crippen LogP contribution is 2.54. The number of hydrogen-bond donors (Lipinski definition) is 1. The van der Waals surface area contributed by atoms with Crippen molar-refractivity contribution in [2.75, 3.05) is 0 Å². The van der Waals surface area contributed by atoms with Crippen LogP contribution in [0.1, 0.15) is 43.2 Å². The van der Waals surface area contributed by atoms with Crippen LogP contribution in [-0.2, 0) is 4.79 Å². The van der Waals surface area contributed by atoms with Crippen molar-refractivity contribution in [1.29, 1.82) is 0 Å². The van der Waals surface area contributed by atoms with E-state index in [1.54, 1.807) is 13.8 Å². The van der Waals surface area contributed by atoms with E-state index in [0.717, 1.165) is 5.56 Å². The number of benzene rings is 2. The molecule has 0 saturated heterocycles. The molecule has 3 rings (SSSR count). The molecule has 22 heavy (non-hydrogen) atoms. The zero-order valence-electron chi connectivity index (χ0n) is 13.1. The van der Waals surface area contributed by atoms with Crippen molar-refractivity contribution in [3.63, 3.8) is 0 Å². The third-order valence-corrected chi connectivity index (χ3v) is 4.95. The summed E-state index contributed by atoms with van der Waals surface area (Å²) in [4.78, 5) is 12.3. The Hall–Kier alpha value is -1.93. The number of aliphatic hydroxyl groups is 1. The van der Waals surface area contributed by atoms with E-state index in [2.05, 4.69) is 24.3 Å². The predicted octanol–water partition coefficient (Wildman–Crippen LogP) is 3.91. The molecule has 2 nitrogen and oxygen atoms in total. The van der Waals surface area contributed by atoms with E-state index in [4.69, 9.17) is 0 Å². The molecular weight excluding hydrogens is 272 g/mol. The van der Waals surface area contributed by atoms with Gasteiger partial charge in [-0.1, -0.05) is 60.7 Å². The van der Waals surface area contributed by atoms with Gasteiger partial charge < -0.3 is 5.11 Å². The number of rotatable bonds is 3. The van der Waals surface area contributed by atoms with E-state index in [1.165, 1.54) is 5.56 Å². The lowest BCUT2D eigenvalue weighted by Crippen LogP contribution is -2.36. The SMILES string of the molecule is CC(=O)[C@H]1[C@H](c2ccccc2)[C@@H](c2ccccc2)CC1(C)O. The first-order valence-corrected chi connectivity index (χ1v) is 7.83. The first kappa shape index (κ1) is 15.0. The zero-order valence-corrected chi connectivity index (χ0v) is 13.1. The summed E-state index contributed by atoms with van der Waals surface area (Å²) in [5.74, 6) is -0.110. The molecule has 1 aliphatic rings. The van der Waals surface area contributed by atoms with Crippen LogP contribution in [0.2, 0.25) is 0 Å². The summed E-state index contributed by atoms with van der Waals surface area (Å²) in [6.07, 6.45) is 0.612. The van der Waals surface area contributed by atoms with E-state index in [9.17, 15) is 9.90 Å². The number of hydrogen-bond acceptors (Lipinski definition) is 2. The maximum atomic E-state index is 12.3. The van der Waals surface area contributed by atoms with Crippen LogP contribution < -0.4 is 0 Å². The quantitative estimate of drug-likeness (QED) is 0.931. The minimum Gasteiger partial charge on any atom is -0.389 e. The molecule has 0 radical (unpaired) electrons. The first-order chi connectivity index (χ1) is 10.5.